The molecule has 0 saturated carbocycles. The minimum absolute atomic E-state index is 0.0674. The first-order chi connectivity index (χ1) is 10.7. The van der Waals surface area contributed by atoms with Crippen molar-refractivity contribution in [2.24, 2.45) is 13.0 Å². The molecule has 118 valence electrons. The topological polar surface area (TPSA) is 56.1 Å². The van der Waals surface area contributed by atoms with Crippen molar-refractivity contribution in [3.8, 4) is 0 Å². The predicted octanol–water partition coefficient (Wildman–Crippen LogP) is 2.44. The maximum atomic E-state index is 12.5. The average Bonchev–Trinajstić information content (AvgIpc) is 3.24. The van der Waals surface area contributed by atoms with Crippen molar-refractivity contribution in [1.82, 2.24) is 15.1 Å². The number of carbonyl (C=O) groups excluding carboxylic acids is 1. The summed E-state index contributed by atoms with van der Waals surface area (Å²) in [5.74, 6) is -0.0624. The first-order valence-corrected chi connectivity index (χ1v) is 8.44. The van der Waals surface area contributed by atoms with Crippen LogP contribution in [0, 0.1) is 5.92 Å². The molecule has 2 aromatic rings. The fourth-order valence-electron chi connectivity index (χ4n) is 2.79. The lowest BCUT2D eigenvalue weighted by atomic mass is 9.96. The van der Waals surface area contributed by atoms with Gasteiger partial charge in [0.15, 0.2) is 0 Å². The van der Waals surface area contributed by atoms with Gasteiger partial charge in [-0.05, 0) is 25.0 Å². The summed E-state index contributed by atoms with van der Waals surface area (Å²) < 4.78 is 7.49. The molecule has 1 N–H and O–H groups in total. The SMILES string of the molecule is CCc1ccc(CNC(=O)[C@H]2CCO[C@@H]2c2cnn(C)c2)s1. The zero-order valence-corrected chi connectivity index (χ0v) is 13.7. The van der Waals surface area contributed by atoms with E-state index in [1.807, 2.05) is 13.2 Å². The summed E-state index contributed by atoms with van der Waals surface area (Å²) in [6, 6.07) is 4.22. The molecule has 1 amide bonds. The van der Waals surface area contributed by atoms with Crippen molar-refractivity contribution < 1.29 is 9.53 Å². The summed E-state index contributed by atoms with van der Waals surface area (Å²) in [6.07, 6.45) is 5.32. The highest BCUT2D eigenvalue weighted by Crippen LogP contribution is 2.34. The van der Waals surface area contributed by atoms with Crippen LogP contribution < -0.4 is 5.32 Å². The molecule has 3 heterocycles. The average molecular weight is 319 g/mol. The van der Waals surface area contributed by atoms with E-state index in [4.69, 9.17) is 4.74 Å². The largest absolute Gasteiger partial charge is 0.373 e. The molecule has 1 aliphatic heterocycles. The number of aryl methyl sites for hydroxylation is 2. The van der Waals surface area contributed by atoms with Gasteiger partial charge in [0.05, 0.1) is 24.8 Å². The minimum Gasteiger partial charge on any atom is -0.373 e. The van der Waals surface area contributed by atoms with Crippen LogP contribution >= 0.6 is 11.3 Å². The van der Waals surface area contributed by atoms with Gasteiger partial charge in [-0.25, -0.2) is 0 Å². The van der Waals surface area contributed by atoms with Gasteiger partial charge in [-0.2, -0.15) is 5.10 Å². The van der Waals surface area contributed by atoms with Crippen molar-refractivity contribution in [3.05, 3.63) is 39.8 Å². The van der Waals surface area contributed by atoms with Crippen LogP contribution in [0.25, 0.3) is 0 Å². The second-order valence-corrected chi connectivity index (χ2v) is 6.83. The van der Waals surface area contributed by atoms with E-state index in [1.165, 1.54) is 9.75 Å². The summed E-state index contributed by atoms with van der Waals surface area (Å²) >= 11 is 1.76. The van der Waals surface area contributed by atoms with Gasteiger partial charge in [-0.3, -0.25) is 9.48 Å². The molecule has 6 heteroatoms. The standard InChI is InChI=1S/C16H21N3O2S/c1-3-12-4-5-13(22-12)9-17-16(20)14-6-7-21-15(14)11-8-18-19(2)10-11/h4-5,8,10,14-15H,3,6-7,9H2,1-2H3,(H,17,20)/t14-,15+/m0/s1. The molecule has 3 rings (SSSR count). The minimum atomic E-state index is -0.178. The molecular weight excluding hydrogens is 298 g/mol. The van der Waals surface area contributed by atoms with Crippen molar-refractivity contribution in [2.75, 3.05) is 6.61 Å². The molecule has 1 aliphatic rings. The number of hydrogen-bond acceptors (Lipinski definition) is 4. The molecule has 5 nitrogen and oxygen atoms in total. The highest BCUT2D eigenvalue weighted by molar-refractivity contribution is 7.11. The number of carbonyl (C=O) groups is 1. The molecule has 22 heavy (non-hydrogen) atoms. The Morgan fingerprint density at radius 3 is 3.00 bits per heavy atom. The molecule has 0 radical (unpaired) electrons. The van der Waals surface area contributed by atoms with Gasteiger partial charge in [-0.1, -0.05) is 6.92 Å². The first-order valence-electron chi connectivity index (χ1n) is 7.63. The van der Waals surface area contributed by atoms with Gasteiger partial charge in [0, 0.05) is 35.2 Å². The second-order valence-electron chi connectivity index (χ2n) is 5.57. The van der Waals surface area contributed by atoms with E-state index in [1.54, 1.807) is 22.2 Å². The molecule has 0 unspecified atom stereocenters. The lowest BCUT2D eigenvalue weighted by Gasteiger charge is -2.16. The molecule has 1 fully saturated rings. The third kappa shape index (κ3) is 3.23. The number of amides is 1. The highest BCUT2D eigenvalue weighted by Gasteiger charge is 2.35. The third-order valence-corrected chi connectivity index (χ3v) is 5.21. The molecule has 0 aromatic carbocycles. The van der Waals surface area contributed by atoms with Crippen LogP contribution in [0.15, 0.2) is 24.5 Å². The Hall–Kier alpha value is -1.66. The molecule has 0 bridgehead atoms. The van der Waals surface area contributed by atoms with E-state index in [0.717, 1.165) is 18.4 Å². The van der Waals surface area contributed by atoms with E-state index >= 15 is 0 Å². The normalized spacial score (nSPS) is 21.2. The summed E-state index contributed by atoms with van der Waals surface area (Å²) in [5, 5.41) is 7.22. The second kappa shape index (κ2) is 6.62. The molecular formula is C16H21N3O2S. The zero-order chi connectivity index (χ0) is 15.5. The van der Waals surface area contributed by atoms with Crippen LogP contribution in [0.5, 0.6) is 0 Å². The molecule has 2 aromatic heterocycles. The first kappa shape index (κ1) is 15.2. The fourth-order valence-corrected chi connectivity index (χ4v) is 3.68. The van der Waals surface area contributed by atoms with E-state index in [-0.39, 0.29) is 17.9 Å². The fraction of sp³-hybridized carbons (Fsp3) is 0.500. The summed E-state index contributed by atoms with van der Waals surface area (Å²) in [4.78, 5) is 15.0. The maximum absolute atomic E-state index is 12.5. The maximum Gasteiger partial charge on any atom is 0.226 e. The van der Waals surface area contributed by atoms with Crippen LogP contribution in [0.1, 0.15) is 34.8 Å². The van der Waals surface area contributed by atoms with Gasteiger partial charge in [-0.15, -0.1) is 11.3 Å². The smallest absolute Gasteiger partial charge is 0.226 e. The van der Waals surface area contributed by atoms with Gasteiger partial charge >= 0.3 is 0 Å². The van der Waals surface area contributed by atoms with Gasteiger partial charge in [0.2, 0.25) is 5.91 Å². The van der Waals surface area contributed by atoms with Gasteiger partial charge in [0.25, 0.3) is 0 Å². The van der Waals surface area contributed by atoms with E-state index < -0.39 is 0 Å². The van der Waals surface area contributed by atoms with Crippen LogP contribution in [0.4, 0.5) is 0 Å². The van der Waals surface area contributed by atoms with E-state index in [9.17, 15) is 4.79 Å². The molecule has 2 atom stereocenters. The number of hydrogen-bond donors (Lipinski definition) is 1. The molecule has 0 aliphatic carbocycles. The van der Waals surface area contributed by atoms with Crippen molar-refractivity contribution in [1.29, 1.82) is 0 Å². The number of rotatable bonds is 5. The Balaban J connectivity index is 1.61. The van der Waals surface area contributed by atoms with Crippen LogP contribution in [0.2, 0.25) is 0 Å². The van der Waals surface area contributed by atoms with Crippen molar-refractivity contribution in [3.63, 3.8) is 0 Å². The lowest BCUT2D eigenvalue weighted by Crippen LogP contribution is -2.31. The summed E-state index contributed by atoms with van der Waals surface area (Å²) in [7, 11) is 1.87. The Kier molecular flexibility index (Phi) is 4.59. The van der Waals surface area contributed by atoms with Crippen LogP contribution in [-0.2, 0) is 29.5 Å². The Labute approximate surface area is 134 Å². The Morgan fingerprint density at radius 1 is 1.50 bits per heavy atom. The highest BCUT2D eigenvalue weighted by atomic mass is 32.1. The predicted molar refractivity (Wildman–Crippen MR) is 85.6 cm³/mol. The van der Waals surface area contributed by atoms with Crippen molar-refractivity contribution in [2.45, 2.75) is 32.4 Å². The quantitative estimate of drug-likeness (QED) is 0.921. The number of ether oxygens (including phenoxy) is 1. The van der Waals surface area contributed by atoms with Gasteiger partial charge < -0.3 is 10.1 Å². The van der Waals surface area contributed by atoms with Gasteiger partial charge in [0.1, 0.15) is 0 Å². The number of aromatic nitrogens is 2. The summed E-state index contributed by atoms with van der Waals surface area (Å²) in [5.41, 5.74) is 0.976. The van der Waals surface area contributed by atoms with E-state index in [0.29, 0.717) is 13.2 Å². The van der Waals surface area contributed by atoms with Crippen LogP contribution in [-0.4, -0.2) is 22.3 Å². The zero-order valence-electron chi connectivity index (χ0n) is 12.9. The Morgan fingerprint density at radius 2 is 2.32 bits per heavy atom. The number of thiophene rings is 1. The Bertz CT molecular complexity index is 649. The molecule has 1 saturated heterocycles. The van der Waals surface area contributed by atoms with Crippen LogP contribution in [0.3, 0.4) is 0 Å². The third-order valence-electron chi connectivity index (χ3n) is 3.98. The van der Waals surface area contributed by atoms with Crippen molar-refractivity contribution >= 4 is 17.2 Å². The summed E-state index contributed by atoms with van der Waals surface area (Å²) in [6.45, 7) is 3.36. The van der Waals surface area contributed by atoms with E-state index in [2.05, 4.69) is 29.5 Å². The lowest BCUT2D eigenvalue weighted by molar-refractivity contribution is -0.126. The monoisotopic (exact) mass is 319 g/mol. The number of nitrogens with one attached hydrogen (secondary N) is 1. The number of nitrogens with zero attached hydrogens (tertiary/aromatic N) is 2. The molecule has 0 spiro atoms.